The molecule has 7 nitrogen and oxygen atoms in total. The standard InChI is InChI=1S/C19H38N2O5/c1-2-3-19-18-25-14-8-20-4-10-22-11-5-21(9-15-26-19)7-13-24-17-16-23-12-6-20/h19H,2-18H2,1H3. The van der Waals surface area contributed by atoms with Crippen LogP contribution in [0.3, 0.4) is 0 Å². The molecule has 0 spiro atoms. The number of nitrogens with zero attached hydrogens (tertiary/aromatic N) is 2. The summed E-state index contributed by atoms with van der Waals surface area (Å²) in [4.78, 5) is 4.72. The molecule has 2 rings (SSSR count). The van der Waals surface area contributed by atoms with Gasteiger partial charge in [-0.3, -0.25) is 9.80 Å². The van der Waals surface area contributed by atoms with Crippen LogP contribution in [0.5, 0.6) is 0 Å². The molecule has 0 aromatic rings. The number of rotatable bonds is 2. The van der Waals surface area contributed by atoms with Gasteiger partial charge in [-0.25, -0.2) is 0 Å². The Kier molecular flexibility index (Phi) is 12.5. The number of fused-ring (bicyclic) bond motifs is 6. The highest BCUT2D eigenvalue weighted by Gasteiger charge is 2.13. The first kappa shape index (κ1) is 22.0. The fourth-order valence-corrected chi connectivity index (χ4v) is 3.16. The second kappa shape index (κ2) is 14.7. The summed E-state index contributed by atoms with van der Waals surface area (Å²) in [6.07, 6.45) is 2.35. The van der Waals surface area contributed by atoms with Crippen LogP contribution in [0, 0.1) is 0 Å². The summed E-state index contributed by atoms with van der Waals surface area (Å²) in [5.41, 5.74) is 0. The zero-order valence-corrected chi connectivity index (χ0v) is 16.5. The third-order valence-corrected chi connectivity index (χ3v) is 4.81. The number of hydrogen-bond donors (Lipinski definition) is 0. The van der Waals surface area contributed by atoms with Crippen LogP contribution in [0.25, 0.3) is 0 Å². The minimum Gasteiger partial charge on any atom is -0.379 e. The van der Waals surface area contributed by atoms with Gasteiger partial charge in [0.15, 0.2) is 0 Å². The van der Waals surface area contributed by atoms with E-state index in [1.807, 2.05) is 0 Å². The van der Waals surface area contributed by atoms with Gasteiger partial charge in [-0.2, -0.15) is 0 Å². The van der Waals surface area contributed by atoms with Crippen molar-refractivity contribution in [2.75, 3.05) is 98.7 Å². The van der Waals surface area contributed by atoms with Gasteiger partial charge in [-0.1, -0.05) is 13.3 Å². The molecule has 0 aromatic heterocycles. The van der Waals surface area contributed by atoms with Gasteiger partial charge in [-0.15, -0.1) is 0 Å². The molecule has 3 unspecified atom stereocenters. The van der Waals surface area contributed by atoms with E-state index in [0.29, 0.717) is 19.8 Å². The first-order valence-electron chi connectivity index (χ1n) is 10.3. The van der Waals surface area contributed by atoms with Crippen molar-refractivity contribution in [3.05, 3.63) is 0 Å². The van der Waals surface area contributed by atoms with Gasteiger partial charge in [0.2, 0.25) is 0 Å². The van der Waals surface area contributed by atoms with Crippen LogP contribution in [0.2, 0.25) is 0 Å². The molecule has 0 saturated carbocycles. The third-order valence-electron chi connectivity index (χ3n) is 4.81. The van der Waals surface area contributed by atoms with Gasteiger partial charge < -0.3 is 23.7 Å². The lowest BCUT2D eigenvalue weighted by molar-refractivity contribution is -0.0345. The summed E-state index contributed by atoms with van der Waals surface area (Å²) in [6.45, 7) is 14.0. The summed E-state index contributed by atoms with van der Waals surface area (Å²) in [5, 5.41) is 0. The van der Waals surface area contributed by atoms with Crippen LogP contribution in [-0.4, -0.2) is 115 Å². The molecule has 154 valence electrons. The molecule has 0 aromatic carbocycles. The number of ether oxygens (including phenoxy) is 5. The van der Waals surface area contributed by atoms with E-state index in [1.54, 1.807) is 0 Å². The van der Waals surface area contributed by atoms with E-state index >= 15 is 0 Å². The summed E-state index contributed by atoms with van der Waals surface area (Å²) in [7, 11) is 0. The highest BCUT2D eigenvalue weighted by Crippen LogP contribution is 2.05. The lowest BCUT2D eigenvalue weighted by Crippen LogP contribution is -2.35. The first-order valence-corrected chi connectivity index (χ1v) is 10.3. The zero-order valence-electron chi connectivity index (χ0n) is 16.5. The van der Waals surface area contributed by atoms with Crippen LogP contribution in [-0.2, 0) is 23.7 Å². The van der Waals surface area contributed by atoms with Gasteiger partial charge in [0.25, 0.3) is 0 Å². The van der Waals surface area contributed by atoms with E-state index in [0.717, 1.165) is 91.8 Å². The van der Waals surface area contributed by atoms with Gasteiger partial charge >= 0.3 is 0 Å². The lowest BCUT2D eigenvalue weighted by atomic mass is 10.2. The minimum atomic E-state index is 0.190. The van der Waals surface area contributed by atoms with Crippen LogP contribution in [0.15, 0.2) is 0 Å². The summed E-state index contributed by atoms with van der Waals surface area (Å²) < 4.78 is 29.3. The van der Waals surface area contributed by atoms with Crippen LogP contribution >= 0.6 is 0 Å². The molecule has 0 aliphatic carbocycles. The van der Waals surface area contributed by atoms with Crippen LogP contribution in [0.4, 0.5) is 0 Å². The van der Waals surface area contributed by atoms with Gasteiger partial charge in [0.05, 0.1) is 65.6 Å². The fourth-order valence-electron chi connectivity index (χ4n) is 3.16. The largest absolute Gasteiger partial charge is 0.379 e. The average Bonchev–Trinajstić information content (AvgIpc) is 2.65. The molecule has 0 radical (unpaired) electrons. The second-order valence-electron chi connectivity index (χ2n) is 6.88. The van der Waals surface area contributed by atoms with Crippen molar-refractivity contribution < 1.29 is 23.7 Å². The van der Waals surface area contributed by atoms with Crippen molar-refractivity contribution in [3.63, 3.8) is 0 Å². The van der Waals surface area contributed by atoms with Crippen LogP contribution < -0.4 is 0 Å². The average molecular weight is 375 g/mol. The second-order valence-corrected chi connectivity index (χ2v) is 6.88. The predicted octanol–water partition coefficient (Wildman–Crippen LogP) is 0.869. The van der Waals surface area contributed by atoms with E-state index in [9.17, 15) is 0 Å². The van der Waals surface area contributed by atoms with E-state index in [4.69, 9.17) is 23.7 Å². The molecule has 2 fully saturated rings. The summed E-state index contributed by atoms with van der Waals surface area (Å²) in [5.74, 6) is 0. The molecule has 0 N–H and O–H groups in total. The van der Waals surface area contributed by atoms with Crippen molar-refractivity contribution in [1.29, 1.82) is 0 Å². The van der Waals surface area contributed by atoms with Crippen LogP contribution in [0.1, 0.15) is 19.8 Å². The third kappa shape index (κ3) is 10.2. The summed E-state index contributed by atoms with van der Waals surface area (Å²) in [6, 6.07) is 0. The molecule has 2 saturated heterocycles. The fraction of sp³-hybridized carbons (Fsp3) is 1.00. The Hall–Kier alpha value is -0.280. The Bertz CT molecular complexity index is 335. The predicted molar refractivity (Wildman–Crippen MR) is 101 cm³/mol. The molecule has 2 heterocycles. The Labute approximate surface area is 158 Å². The highest BCUT2D eigenvalue weighted by molar-refractivity contribution is 4.63. The lowest BCUT2D eigenvalue weighted by Gasteiger charge is -2.24. The van der Waals surface area contributed by atoms with Gasteiger partial charge in [0, 0.05) is 39.3 Å². The van der Waals surface area contributed by atoms with Crippen molar-refractivity contribution >= 4 is 0 Å². The molecule has 7 heteroatoms. The SMILES string of the molecule is CCCC1COCCN2CCOCCOCCN(CCOCC2)CCO1. The number of hydrogen-bond acceptors (Lipinski definition) is 7. The van der Waals surface area contributed by atoms with E-state index < -0.39 is 0 Å². The maximum absolute atomic E-state index is 6.10. The highest BCUT2D eigenvalue weighted by atomic mass is 16.5. The monoisotopic (exact) mass is 374 g/mol. The normalized spacial score (nSPS) is 32.0. The van der Waals surface area contributed by atoms with Gasteiger partial charge in [-0.05, 0) is 6.42 Å². The Morgan fingerprint density at radius 2 is 1.08 bits per heavy atom. The minimum absolute atomic E-state index is 0.190. The van der Waals surface area contributed by atoms with Crippen molar-refractivity contribution in [3.8, 4) is 0 Å². The maximum atomic E-state index is 6.10. The molecule has 0 amide bonds. The van der Waals surface area contributed by atoms with Gasteiger partial charge in [0.1, 0.15) is 0 Å². The molecular weight excluding hydrogens is 336 g/mol. The summed E-state index contributed by atoms with van der Waals surface area (Å²) >= 11 is 0. The van der Waals surface area contributed by atoms with E-state index in [2.05, 4.69) is 16.7 Å². The Morgan fingerprint density at radius 3 is 1.62 bits per heavy atom. The molecular formula is C19H38N2O5. The Balaban J connectivity index is 1.94. The zero-order chi connectivity index (χ0) is 18.3. The maximum Gasteiger partial charge on any atom is 0.0809 e. The Morgan fingerprint density at radius 1 is 0.615 bits per heavy atom. The van der Waals surface area contributed by atoms with Crippen molar-refractivity contribution in [2.45, 2.75) is 25.9 Å². The molecule has 2 aliphatic heterocycles. The van der Waals surface area contributed by atoms with Crippen molar-refractivity contribution in [2.24, 2.45) is 0 Å². The molecule has 2 aliphatic rings. The topological polar surface area (TPSA) is 52.6 Å². The van der Waals surface area contributed by atoms with E-state index in [1.165, 1.54) is 0 Å². The molecule has 26 heavy (non-hydrogen) atoms. The first-order chi connectivity index (χ1) is 12.9. The molecule has 3 atom stereocenters. The quantitative estimate of drug-likeness (QED) is 0.665. The van der Waals surface area contributed by atoms with Crippen molar-refractivity contribution in [1.82, 2.24) is 9.80 Å². The van der Waals surface area contributed by atoms with E-state index in [-0.39, 0.29) is 6.10 Å². The molecule has 2 bridgehead atoms. The smallest absolute Gasteiger partial charge is 0.0809 e.